The zero-order valence-electron chi connectivity index (χ0n) is 10.0. The summed E-state index contributed by atoms with van der Waals surface area (Å²) >= 11 is 0. The van der Waals surface area contributed by atoms with Gasteiger partial charge in [0.05, 0.1) is 6.26 Å². The van der Waals surface area contributed by atoms with E-state index < -0.39 is 23.7 Å². The Hall–Kier alpha value is -1.50. The molecule has 1 rings (SSSR count). The molecule has 4 nitrogen and oxygen atoms in total. The van der Waals surface area contributed by atoms with Crippen LogP contribution in [0, 0.1) is 0 Å². The van der Waals surface area contributed by atoms with Crippen molar-refractivity contribution in [2.45, 2.75) is 38.0 Å². The number of carbonyl (C=O) groups is 1. The Labute approximate surface area is 102 Å². The summed E-state index contributed by atoms with van der Waals surface area (Å²) in [5.74, 6) is -0.678. The second-order valence-electron chi connectivity index (χ2n) is 4.36. The van der Waals surface area contributed by atoms with Gasteiger partial charge in [-0.25, -0.2) is 0 Å². The number of hydrogen-bond donors (Lipinski definition) is 2. The molecule has 0 radical (unpaired) electrons. The van der Waals surface area contributed by atoms with Crippen LogP contribution in [0.5, 0.6) is 0 Å². The molecule has 1 aromatic heterocycles. The summed E-state index contributed by atoms with van der Waals surface area (Å²) in [7, 11) is 0. The summed E-state index contributed by atoms with van der Waals surface area (Å²) in [6.45, 7) is 2.22. The zero-order valence-corrected chi connectivity index (χ0v) is 10.0. The molecule has 18 heavy (non-hydrogen) atoms. The van der Waals surface area contributed by atoms with Crippen LogP contribution in [0.15, 0.2) is 22.8 Å². The number of carbonyl (C=O) groups excluding carboxylic acids is 1. The van der Waals surface area contributed by atoms with E-state index >= 15 is 0 Å². The first kappa shape index (κ1) is 14.6. The summed E-state index contributed by atoms with van der Waals surface area (Å²) < 4.78 is 42.6. The highest BCUT2D eigenvalue weighted by molar-refractivity contribution is 5.86. The van der Waals surface area contributed by atoms with Crippen LogP contribution < -0.4 is 11.1 Å². The summed E-state index contributed by atoms with van der Waals surface area (Å²) in [4.78, 5) is 11.5. The minimum absolute atomic E-state index is 0.298. The largest absolute Gasteiger partial charge is 0.469 e. The molecule has 2 atom stereocenters. The van der Waals surface area contributed by atoms with Gasteiger partial charge in [0.15, 0.2) is 5.54 Å². The molecule has 2 unspecified atom stereocenters. The molecule has 0 spiro atoms. The molecule has 1 heterocycles. The summed E-state index contributed by atoms with van der Waals surface area (Å²) in [5, 5.41) is 2.22. The minimum atomic E-state index is -4.79. The average molecular weight is 264 g/mol. The molecule has 0 aliphatic carbocycles. The Kier molecular flexibility index (Phi) is 4.05. The quantitative estimate of drug-likeness (QED) is 0.868. The minimum Gasteiger partial charge on any atom is -0.469 e. The van der Waals surface area contributed by atoms with Crippen molar-refractivity contribution in [2.24, 2.45) is 5.73 Å². The summed E-state index contributed by atoms with van der Waals surface area (Å²) in [6.07, 6.45) is -3.04. The topological polar surface area (TPSA) is 68.3 Å². The van der Waals surface area contributed by atoms with Gasteiger partial charge in [0, 0.05) is 12.5 Å². The number of furan rings is 1. The fourth-order valence-corrected chi connectivity index (χ4v) is 1.28. The van der Waals surface area contributed by atoms with Gasteiger partial charge < -0.3 is 15.5 Å². The highest BCUT2D eigenvalue weighted by Gasteiger charge is 2.54. The van der Waals surface area contributed by atoms with Crippen molar-refractivity contribution in [3.63, 3.8) is 0 Å². The van der Waals surface area contributed by atoms with Crippen LogP contribution in [-0.4, -0.2) is 23.7 Å². The van der Waals surface area contributed by atoms with Crippen molar-refractivity contribution in [3.8, 4) is 0 Å². The van der Waals surface area contributed by atoms with Gasteiger partial charge in [-0.3, -0.25) is 4.79 Å². The fourth-order valence-electron chi connectivity index (χ4n) is 1.28. The van der Waals surface area contributed by atoms with Crippen molar-refractivity contribution in [2.75, 3.05) is 0 Å². The lowest BCUT2D eigenvalue weighted by Gasteiger charge is -2.27. The summed E-state index contributed by atoms with van der Waals surface area (Å²) in [6, 6.07) is 2.83. The molecule has 3 N–H and O–H groups in total. The number of nitrogens with two attached hydrogens (primary N) is 1. The maximum Gasteiger partial charge on any atom is 0.415 e. The third kappa shape index (κ3) is 3.25. The molecule has 102 valence electrons. The van der Waals surface area contributed by atoms with Crippen LogP contribution in [0.1, 0.15) is 19.6 Å². The average Bonchev–Trinajstić information content (AvgIpc) is 2.68. The molecule has 0 bridgehead atoms. The fraction of sp³-hybridized carbons (Fsp3) is 0.545. The molecule has 1 amide bonds. The van der Waals surface area contributed by atoms with Crippen LogP contribution in [0.25, 0.3) is 0 Å². The highest BCUT2D eigenvalue weighted by Crippen LogP contribution is 2.28. The Morgan fingerprint density at radius 2 is 2.17 bits per heavy atom. The number of halogens is 3. The van der Waals surface area contributed by atoms with E-state index in [1.165, 1.54) is 6.26 Å². The van der Waals surface area contributed by atoms with Crippen molar-refractivity contribution in [1.29, 1.82) is 0 Å². The molecular weight excluding hydrogens is 249 g/mol. The monoisotopic (exact) mass is 264 g/mol. The molecule has 1 aromatic rings. The normalized spacial score (nSPS) is 17.0. The molecule has 0 aliphatic heterocycles. The number of amides is 1. The molecule has 0 saturated heterocycles. The van der Waals surface area contributed by atoms with Gasteiger partial charge in [-0.2, -0.15) is 13.2 Å². The SMILES string of the molecule is CC(Cc1ccco1)NC(=O)C(C)(N)C(F)(F)F. The van der Waals surface area contributed by atoms with Crippen LogP contribution in [0.2, 0.25) is 0 Å². The lowest BCUT2D eigenvalue weighted by Crippen LogP contribution is -2.62. The lowest BCUT2D eigenvalue weighted by molar-refractivity contribution is -0.187. The van der Waals surface area contributed by atoms with E-state index in [1.54, 1.807) is 19.1 Å². The molecular formula is C11H15F3N2O2. The molecule has 0 aliphatic rings. The first-order chi connectivity index (χ1) is 8.14. The van der Waals surface area contributed by atoms with Gasteiger partial charge in [-0.05, 0) is 26.0 Å². The van der Waals surface area contributed by atoms with Crippen molar-refractivity contribution < 1.29 is 22.4 Å². The third-order valence-corrected chi connectivity index (χ3v) is 2.53. The van der Waals surface area contributed by atoms with Gasteiger partial charge in [-0.1, -0.05) is 0 Å². The van der Waals surface area contributed by atoms with E-state index in [2.05, 4.69) is 5.32 Å². The predicted molar refractivity (Wildman–Crippen MR) is 58.7 cm³/mol. The third-order valence-electron chi connectivity index (χ3n) is 2.53. The Bertz CT molecular complexity index is 399. The van der Waals surface area contributed by atoms with E-state index in [0.29, 0.717) is 19.1 Å². The highest BCUT2D eigenvalue weighted by atomic mass is 19.4. The molecule has 7 heteroatoms. The van der Waals surface area contributed by atoms with Crippen molar-refractivity contribution >= 4 is 5.91 Å². The van der Waals surface area contributed by atoms with E-state index in [0.717, 1.165) is 0 Å². The number of alkyl halides is 3. The van der Waals surface area contributed by atoms with Gasteiger partial charge in [-0.15, -0.1) is 0 Å². The van der Waals surface area contributed by atoms with Gasteiger partial charge >= 0.3 is 6.18 Å². The van der Waals surface area contributed by atoms with E-state index in [1.807, 2.05) is 0 Å². The number of hydrogen-bond acceptors (Lipinski definition) is 3. The van der Waals surface area contributed by atoms with Gasteiger partial charge in [0.2, 0.25) is 5.91 Å². The van der Waals surface area contributed by atoms with Gasteiger partial charge in [0.1, 0.15) is 5.76 Å². The zero-order chi connectivity index (χ0) is 14.0. The van der Waals surface area contributed by atoms with E-state index in [4.69, 9.17) is 10.2 Å². The van der Waals surface area contributed by atoms with E-state index in [9.17, 15) is 18.0 Å². The number of rotatable bonds is 4. The van der Waals surface area contributed by atoms with E-state index in [-0.39, 0.29) is 0 Å². The summed E-state index contributed by atoms with van der Waals surface area (Å²) in [5.41, 5.74) is 2.10. The Morgan fingerprint density at radius 3 is 2.61 bits per heavy atom. The molecule has 0 aromatic carbocycles. The Balaban J connectivity index is 2.59. The van der Waals surface area contributed by atoms with Crippen LogP contribution in [0.3, 0.4) is 0 Å². The maximum atomic E-state index is 12.5. The van der Waals surface area contributed by atoms with Crippen LogP contribution in [-0.2, 0) is 11.2 Å². The maximum absolute atomic E-state index is 12.5. The van der Waals surface area contributed by atoms with Crippen molar-refractivity contribution in [1.82, 2.24) is 5.32 Å². The standard InChI is InChI=1S/C11H15F3N2O2/c1-7(6-8-4-3-5-18-8)16-9(17)10(2,15)11(12,13)14/h3-5,7H,6,15H2,1-2H3,(H,16,17). The van der Waals surface area contributed by atoms with Crippen LogP contribution in [0.4, 0.5) is 13.2 Å². The van der Waals surface area contributed by atoms with Gasteiger partial charge in [0.25, 0.3) is 0 Å². The second kappa shape index (κ2) is 5.01. The van der Waals surface area contributed by atoms with Crippen LogP contribution >= 0.6 is 0 Å². The first-order valence-corrected chi connectivity index (χ1v) is 5.33. The lowest BCUT2D eigenvalue weighted by atomic mass is 10.0. The Morgan fingerprint density at radius 1 is 1.56 bits per heavy atom. The second-order valence-corrected chi connectivity index (χ2v) is 4.36. The number of nitrogens with one attached hydrogen (secondary N) is 1. The smallest absolute Gasteiger partial charge is 0.415 e. The molecule has 0 fully saturated rings. The molecule has 0 saturated carbocycles. The first-order valence-electron chi connectivity index (χ1n) is 5.33. The predicted octanol–water partition coefficient (Wildman–Crippen LogP) is 1.61. The van der Waals surface area contributed by atoms with Crippen molar-refractivity contribution in [3.05, 3.63) is 24.2 Å².